The van der Waals surface area contributed by atoms with Gasteiger partial charge in [0.2, 0.25) is 15.9 Å². The number of nitrogens with zero attached hydrogens (tertiary/aromatic N) is 2. The molecule has 182 valence electrons. The lowest BCUT2D eigenvalue weighted by atomic mass is 10.1. The van der Waals surface area contributed by atoms with Crippen LogP contribution in [0.15, 0.2) is 53.6 Å². The van der Waals surface area contributed by atoms with Crippen molar-refractivity contribution in [1.82, 2.24) is 9.29 Å². The zero-order valence-electron chi connectivity index (χ0n) is 19.7. The zero-order chi connectivity index (χ0) is 24.1. The SMILES string of the molecule is CCN(CC)c1ccc(S(=O)(=O)N2CCOCC2)cc1NC(=O)CCc1c[nH]c2ccccc12. The van der Waals surface area contributed by atoms with E-state index in [1.165, 1.54) is 4.31 Å². The van der Waals surface area contributed by atoms with E-state index in [1.54, 1.807) is 18.2 Å². The van der Waals surface area contributed by atoms with Crippen molar-refractivity contribution in [2.45, 2.75) is 31.6 Å². The van der Waals surface area contributed by atoms with Gasteiger partial charge < -0.3 is 19.9 Å². The second-order valence-corrected chi connectivity index (χ2v) is 10.2. The van der Waals surface area contributed by atoms with Crippen molar-refractivity contribution < 1.29 is 17.9 Å². The van der Waals surface area contributed by atoms with Crippen LogP contribution in [0.1, 0.15) is 25.8 Å². The highest BCUT2D eigenvalue weighted by Gasteiger charge is 2.27. The number of anilines is 2. The first kappa shape index (κ1) is 24.3. The Morgan fingerprint density at radius 2 is 1.85 bits per heavy atom. The van der Waals surface area contributed by atoms with Crippen LogP contribution in [0, 0.1) is 0 Å². The summed E-state index contributed by atoms with van der Waals surface area (Å²) in [7, 11) is -3.67. The minimum atomic E-state index is -3.67. The molecule has 1 saturated heterocycles. The molecule has 0 unspecified atom stereocenters. The van der Waals surface area contributed by atoms with Crippen LogP contribution in [0.2, 0.25) is 0 Å². The summed E-state index contributed by atoms with van der Waals surface area (Å²) in [5.41, 5.74) is 3.45. The molecule has 34 heavy (non-hydrogen) atoms. The number of aromatic amines is 1. The Kier molecular flexibility index (Phi) is 7.55. The Bertz CT molecular complexity index is 1240. The average molecular weight is 485 g/mol. The fraction of sp³-hybridized carbons (Fsp3) is 0.400. The molecule has 1 aliphatic heterocycles. The minimum absolute atomic E-state index is 0.153. The molecule has 2 heterocycles. The average Bonchev–Trinajstić information content (AvgIpc) is 3.28. The van der Waals surface area contributed by atoms with E-state index in [2.05, 4.69) is 15.2 Å². The van der Waals surface area contributed by atoms with Gasteiger partial charge in [-0.05, 0) is 50.1 Å². The van der Waals surface area contributed by atoms with Gasteiger partial charge in [0, 0.05) is 49.7 Å². The van der Waals surface area contributed by atoms with Crippen molar-refractivity contribution in [2.24, 2.45) is 0 Å². The van der Waals surface area contributed by atoms with Gasteiger partial charge in [0.1, 0.15) is 0 Å². The van der Waals surface area contributed by atoms with Crippen molar-refractivity contribution in [3.05, 3.63) is 54.2 Å². The quantitative estimate of drug-likeness (QED) is 0.484. The van der Waals surface area contributed by atoms with Crippen LogP contribution < -0.4 is 10.2 Å². The molecular weight excluding hydrogens is 452 g/mol. The first-order valence-corrected chi connectivity index (χ1v) is 13.2. The second-order valence-electron chi connectivity index (χ2n) is 8.28. The van der Waals surface area contributed by atoms with Crippen LogP contribution in [0.25, 0.3) is 10.9 Å². The molecule has 0 atom stereocenters. The highest BCUT2D eigenvalue weighted by atomic mass is 32.2. The summed E-state index contributed by atoms with van der Waals surface area (Å²) in [5, 5.41) is 4.10. The molecule has 1 fully saturated rings. The third kappa shape index (κ3) is 5.11. The smallest absolute Gasteiger partial charge is 0.243 e. The Morgan fingerprint density at radius 1 is 1.12 bits per heavy atom. The first-order chi connectivity index (χ1) is 16.4. The zero-order valence-corrected chi connectivity index (χ0v) is 20.5. The Balaban J connectivity index is 1.56. The van der Waals surface area contributed by atoms with Gasteiger partial charge in [-0.25, -0.2) is 8.42 Å². The van der Waals surface area contributed by atoms with Crippen molar-refractivity contribution >= 4 is 38.2 Å². The van der Waals surface area contributed by atoms with Crippen molar-refractivity contribution in [2.75, 3.05) is 49.6 Å². The lowest BCUT2D eigenvalue weighted by Crippen LogP contribution is -2.40. The van der Waals surface area contributed by atoms with Crippen LogP contribution >= 0.6 is 0 Å². The molecule has 1 aliphatic rings. The molecule has 0 bridgehead atoms. The van der Waals surface area contributed by atoms with E-state index >= 15 is 0 Å². The molecule has 8 nitrogen and oxygen atoms in total. The number of fused-ring (bicyclic) bond motifs is 1. The monoisotopic (exact) mass is 484 g/mol. The largest absolute Gasteiger partial charge is 0.379 e. The van der Waals surface area contributed by atoms with E-state index in [0.717, 1.165) is 35.2 Å². The molecule has 0 radical (unpaired) electrons. The lowest BCUT2D eigenvalue weighted by Gasteiger charge is -2.28. The summed E-state index contributed by atoms with van der Waals surface area (Å²) in [4.78, 5) is 18.5. The fourth-order valence-electron chi connectivity index (χ4n) is 4.35. The number of amides is 1. The molecule has 2 N–H and O–H groups in total. The van der Waals surface area contributed by atoms with E-state index in [4.69, 9.17) is 4.74 Å². The van der Waals surface area contributed by atoms with Gasteiger partial charge in [0.15, 0.2) is 0 Å². The van der Waals surface area contributed by atoms with Crippen LogP contribution in [0.5, 0.6) is 0 Å². The Morgan fingerprint density at radius 3 is 2.59 bits per heavy atom. The van der Waals surface area contributed by atoms with Gasteiger partial charge in [0.05, 0.1) is 29.5 Å². The third-order valence-electron chi connectivity index (χ3n) is 6.25. The van der Waals surface area contributed by atoms with Gasteiger partial charge in [-0.2, -0.15) is 4.31 Å². The molecule has 1 aromatic heterocycles. The molecule has 0 aliphatic carbocycles. The molecule has 1 amide bonds. The minimum Gasteiger partial charge on any atom is -0.379 e. The first-order valence-electron chi connectivity index (χ1n) is 11.8. The number of sulfonamides is 1. The normalized spacial score (nSPS) is 14.9. The number of nitrogens with one attached hydrogen (secondary N) is 2. The van der Waals surface area contributed by atoms with Gasteiger partial charge in [-0.1, -0.05) is 18.2 Å². The maximum absolute atomic E-state index is 13.2. The molecule has 3 aromatic rings. The highest BCUT2D eigenvalue weighted by Crippen LogP contribution is 2.31. The van der Waals surface area contributed by atoms with E-state index in [9.17, 15) is 13.2 Å². The number of morpholine rings is 1. The number of benzene rings is 2. The predicted molar refractivity (Wildman–Crippen MR) is 135 cm³/mol. The highest BCUT2D eigenvalue weighted by molar-refractivity contribution is 7.89. The standard InChI is InChI=1S/C25H32N4O4S/c1-3-28(4-2)24-11-10-20(34(31,32)29-13-15-33-16-14-29)17-23(24)27-25(30)12-9-19-18-26-22-8-6-5-7-21(19)22/h5-8,10-11,17-18,26H,3-4,9,12-16H2,1-2H3,(H,27,30). The molecule has 9 heteroatoms. The summed E-state index contributed by atoms with van der Waals surface area (Å²) in [5.74, 6) is -0.153. The van der Waals surface area contributed by atoms with Crippen LogP contribution in [-0.4, -0.2) is 63.0 Å². The number of aryl methyl sites for hydroxylation is 1. The summed E-state index contributed by atoms with van der Waals surface area (Å²) in [6, 6.07) is 13.0. The third-order valence-corrected chi connectivity index (χ3v) is 8.15. The predicted octanol–water partition coefficient (Wildman–Crippen LogP) is 3.61. The molecule has 0 spiro atoms. The number of rotatable bonds is 9. The maximum Gasteiger partial charge on any atom is 0.243 e. The number of H-pyrrole nitrogens is 1. The number of ether oxygens (including phenoxy) is 1. The van der Waals surface area contributed by atoms with Gasteiger partial charge in [-0.3, -0.25) is 4.79 Å². The Labute approximate surface area is 200 Å². The summed E-state index contributed by atoms with van der Waals surface area (Å²) in [6.45, 7) is 6.96. The number of carbonyl (C=O) groups excluding carboxylic acids is 1. The summed E-state index contributed by atoms with van der Waals surface area (Å²) in [6.07, 6.45) is 2.82. The Hall–Kier alpha value is -2.88. The van der Waals surface area contributed by atoms with E-state index in [1.807, 2.05) is 44.3 Å². The molecular formula is C25H32N4O4S. The van der Waals surface area contributed by atoms with Crippen LogP contribution in [0.3, 0.4) is 0 Å². The van der Waals surface area contributed by atoms with E-state index in [0.29, 0.717) is 44.8 Å². The summed E-state index contributed by atoms with van der Waals surface area (Å²) >= 11 is 0. The topological polar surface area (TPSA) is 94.7 Å². The summed E-state index contributed by atoms with van der Waals surface area (Å²) < 4.78 is 33.1. The number of carbonyl (C=O) groups is 1. The van der Waals surface area contributed by atoms with Crippen LogP contribution in [0.4, 0.5) is 11.4 Å². The number of hydrogen-bond acceptors (Lipinski definition) is 5. The van der Waals surface area contributed by atoms with Crippen molar-refractivity contribution in [3.63, 3.8) is 0 Å². The number of hydrogen-bond donors (Lipinski definition) is 2. The number of aromatic nitrogens is 1. The molecule has 2 aromatic carbocycles. The second kappa shape index (κ2) is 10.6. The number of para-hydroxylation sites is 1. The van der Waals surface area contributed by atoms with E-state index < -0.39 is 10.0 Å². The lowest BCUT2D eigenvalue weighted by molar-refractivity contribution is -0.116. The van der Waals surface area contributed by atoms with Gasteiger partial charge in [0.25, 0.3) is 0 Å². The van der Waals surface area contributed by atoms with Gasteiger partial charge >= 0.3 is 0 Å². The van der Waals surface area contributed by atoms with E-state index in [-0.39, 0.29) is 10.8 Å². The molecule has 0 saturated carbocycles. The molecule has 4 rings (SSSR count). The van der Waals surface area contributed by atoms with Crippen molar-refractivity contribution in [3.8, 4) is 0 Å². The van der Waals surface area contributed by atoms with Crippen molar-refractivity contribution in [1.29, 1.82) is 0 Å². The fourth-order valence-corrected chi connectivity index (χ4v) is 5.79. The van der Waals surface area contributed by atoms with Crippen LogP contribution in [-0.2, 0) is 26.0 Å². The maximum atomic E-state index is 13.2. The van der Waals surface area contributed by atoms with Gasteiger partial charge in [-0.15, -0.1) is 0 Å².